The first-order valence-corrected chi connectivity index (χ1v) is 4.89. The minimum Gasteiger partial charge on any atom is -0.391 e. The van der Waals surface area contributed by atoms with E-state index in [1.807, 2.05) is 0 Å². The normalized spacial score (nSPS) is 13.6. The van der Waals surface area contributed by atoms with Crippen LogP contribution in [0.2, 0.25) is 0 Å². The molecule has 3 nitrogen and oxygen atoms in total. The predicted octanol–water partition coefficient (Wildman–Crippen LogP) is 2.28. The van der Waals surface area contributed by atoms with E-state index in [0.717, 1.165) is 6.07 Å². The fourth-order valence-electron chi connectivity index (χ4n) is 1.06. The third kappa shape index (κ3) is 3.69. The Balaban J connectivity index is 2.68. The summed E-state index contributed by atoms with van der Waals surface area (Å²) < 4.78 is 36.9. The van der Waals surface area contributed by atoms with Crippen LogP contribution in [0.4, 0.5) is 19.0 Å². The molecule has 0 saturated heterocycles. The number of alkyl halides is 3. The van der Waals surface area contributed by atoms with Crippen molar-refractivity contribution in [3.63, 3.8) is 0 Å². The highest BCUT2D eigenvalue weighted by atomic mass is 19.4. The number of hydrogen-bond acceptors (Lipinski definition) is 3. The summed E-state index contributed by atoms with van der Waals surface area (Å²) in [6.45, 7) is 1.97. The molecule has 1 unspecified atom stereocenters. The van der Waals surface area contributed by atoms with Gasteiger partial charge < -0.3 is 10.4 Å². The van der Waals surface area contributed by atoms with Gasteiger partial charge in [-0.2, -0.15) is 13.2 Å². The van der Waals surface area contributed by atoms with Crippen LogP contribution in [0.3, 0.4) is 0 Å². The van der Waals surface area contributed by atoms with E-state index in [9.17, 15) is 18.3 Å². The van der Waals surface area contributed by atoms with Gasteiger partial charge in [-0.1, -0.05) is 13.0 Å². The van der Waals surface area contributed by atoms with Gasteiger partial charge in [0.2, 0.25) is 0 Å². The average molecular weight is 234 g/mol. The lowest BCUT2D eigenvalue weighted by Gasteiger charge is -2.11. The van der Waals surface area contributed by atoms with Gasteiger partial charge in [-0.3, -0.25) is 0 Å². The Labute approximate surface area is 91.3 Å². The van der Waals surface area contributed by atoms with Crippen molar-refractivity contribution in [2.75, 3.05) is 11.9 Å². The Morgan fingerprint density at radius 1 is 1.44 bits per heavy atom. The topological polar surface area (TPSA) is 45.1 Å². The van der Waals surface area contributed by atoms with E-state index in [2.05, 4.69) is 10.3 Å². The maximum Gasteiger partial charge on any atom is 0.433 e. The smallest absolute Gasteiger partial charge is 0.391 e. The zero-order valence-electron chi connectivity index (χ0n) is 8.75. The maximum atomic E-state index is 12.3. The fraction of sp³-hybridized carbons (Fsp3) is 0.500. The molecule has 0 aliphatic carbocycles. The van der Waals surface area contributed by atoms with Gasteiger partial charge >= 0.3 is 6.18 Å². The first-order chi connectivity index (χ1) is 7.43. The average Bonchev–Trinajstić information content (AvgIpc) is 2.25. The third-order valence-corrected chi connectivity index (χ3v) is 2.03. The molecule has 0 radical (unpaired) electrons. The summed E-state index contributed by atoms with van der Waals surface area (Å²) in [7, 11) is 0. The number of aromatic nitrogens is 1. The summed E-state index contributed by atoms with van der Waals surface area (Å²) in [4.78, 5) is 3.40. The molecule has 6 heteroatoms. The Morgan fingerprint density at radius 2 is 2.12 bits per heavy atom. The molecule has 90 valence electrons. The molecular formula is C10H13F3N2O. The number of aliphatic hydroxyl groups is 1. The molecular weight excluding hydrogens is 221 g/mol. The number of nitrogens with one attached hydrogen (secondary N) is 1. The van der Waals surface area contributed by atoms with E-state index in [4.69, 9.17) is 0 Å². The monoisotopic (exact) mass is 234 g/mol. The molecule has 0 fully saturated rings. The molecule has 0 aliphatic rings. The second-order valence-corrected chi connectivity index (χ2v) is 3.35. The molecule has 1 aromatic heterocycles. The van der Waals surface area contributed by atoms with Gasteiger partial charge in [0.1, 0.15) is 11.5 Å². The summed E-state index contributed by atoms with van der Waals surface area (Å²) >= 11 is 0. The van der Waals surface area contributed by atoms with Gasteiger partial charge in [-0.05, 0) is 18.6 Å². The highest BCUT2D eigenvalue weighted by Gasteiger charge is 2.32. The number of aliphatic hydroxyl groups excluding tert-OH is 1. The van der Waals surface area contributed by atoms with Crippen molar-refractivity contribution in [3.8, 4) is 0 Å². The van der Waals surface area contributed by atoms with Gasteiger partial charge in [0.25, 0.3) is 0 Å². The van der Waals surface area contributed by atoms with Crippen LogP contribution in [0.1, 0.15) is 19.0 Å². The Bertz CT molecular complexity index is 341. The summed E-state index contributed by atoms with van der Waals surface area (Å²) in [5.74, 6) is 0.113. The number of hydrogen-bond donors (Lipinski definition) is 2. The standard InChI is InChI=1S/C10H13F3N2O/c1-2-7(16)6-14-9-5-3-4-8(15-9)10(11,12)13/h3-5,7,16H,2,6H2,1H3,(H,14,15). The quantitative estimate of drug-likeness (QED) is 0.840. The van der Waals surface area contributed by atoms with Crippen LogP contribution in [0, 0.1) is 0 Å². The van der Waals surface area contributed by atoms with Crippen LogP contribution in [0.25, 0.3) is 0 Å². The van der Waals surface area contributed by atoms with E-state index < -0.39 is 18.0 Å². The number of rotatable bonds is 4. The van der Waals surface area contributed by atoms with Crippen molar-refractivity contribution in [2.24, 2.45) is 0 Å². The molecule has 1 heterocycles. The minimum absolute atomic E-state index is 0.113. The van der Waals surface area contributed by atoms with Crippen molar-refractivity contribution in [2.45, 2.75) is 25.6 Å². The van der Waals surface area contributed by atoms with Gasteiger partial charge in [0, 0.05) is 6.54 Å². The van der Waals surface area contributed by atoms with Crippen LogP contribution in [-0.2, 0) is 6.18 Å². The minimum atomic E-state index is -4.44. The maximum absolute atomic E-state index is 12.3. The SMILES string of the molecule is CCC(O)CNc1cccc(C(F)(F)F)n1. The number of nitrogens with zero attached hydrogens (tertiary/aromatic N) is 1. The van der Waals surface area contributed by atoms with E-state index in [-0.39, 0.29) is 12.4 Å². The Hall–Kier alpha value is -1.30. The molecule has 1 atom stereocenters. The molecule has 0 spiro atoms. The van der Waals surface area contributed by atoms with Crippen LogP contribution in [-0.4, -0.2) is 22.7 Å². The van der Waals surface area contributed by atoms with Gasteiger partial charge in [0.15, 0.2) is 0 Å². The van der Waals surface area contributed by atoms with Gasteiger partial charge in [0.05, 0.1) is 6.10 Å². The van der Waals surface area contributed by atoms with Crippen molar-refractivity contribution >= 4 is 5.82 Å². The number of anilines is 1. The largest absolute Gasteiger partial charge is 0.433 e. The molecule has 16 heavy (non-hydrogen) atoms. The van der Waals surface area contributed by atoms with Crippen molar-refractivity contribution in [1.82, 2.24) is 4.98 Å². The van der Waals surface area contributed by atoms with Crippen molar-refractivity contribution < 1.29 is 18.3 Å². The highest BCUT2D eigenvalue weighted by Crippen LogP contribution is 2.28. The first-order valence-electron chi connectivity index (χ1n) is 4.89. The van der Waals surface area contributed by atoms with Crippen LogP contribution >= 0.6 is 0 Å². The third-order valence-electron chi connectivity index (χ3n) is 2.03. The Morgan fingerprint density at radius 3 is 2.69 bits per heavy atom. The molecule has 0 aliphatic heterocycles. The Kier molecular flexibility index (Phi) is 4.12. The summed E-state index contributed by atoms with van der Waals surface area (Å²) in [5.41, 5.74) is -0.941. The van der Waals surface area contributed by atoms with Crippen LogP contribution < -0.4 is 5.32 Å². The summed E-state index contributed by atoms with van der Waals surface area (Å²) in [6, 6.07) is 3.61. The van der Waals surface area contributed by atoms with Crippen LogP contribution in [0.15, 0.2) is 18.2 Å². The second kappa shape index (κ2) is 5.16. The molecule has 0 aromatic carbocycles. The van der Waals surface area contributed by atoms with E-state index >= 15 is 0 Å². The van der Waals surface area contributed by atoms with E-state index in [0.29, 0.717) is 6.42 Å². The zero-order valence-corrected chi connectivity index (χ0v) is 8.75. The molecule has 2 N–H and O–H groups in total. The van der Waals surface area contributed by atoms with Crippen LogP contribution in [0.5, 0.6) is 0 Å². The van der Waals surface area contributed by atoms with Crippen molar-refractivity contribution in [1.29, 1.82) is 0 Å². The molecule has 0 amide bonds. The molecule has 1 rings (SSSR count). The molecule has 0 saturated carbocycles. The van der Waals surface area contributed by atoms with E-state index in [1.54, 1.807) is 6.92 Å². The first kappa shape index (κ1) is 12.8. The predicted molar refractivity (Wildman–Crippen MR) is 54.0 cm³/mol. The van der Waals surface area contributed by atoms with Gasteiger partial charge in [-0.15, -0.1) is 0 Å². The van der Waals surface area contributed by atoms with Crippen molar-refractivity contribution in [3.05, 3.63) is 23.9 Å². The lowest BCUT2D eigenvalue weighted by Crippen LogP contribution is -2.19. The zero-order chi connectivity index (χ0) is 12.2. The molecule has 0 bridgehead atoms. The lowest BCUT2D eigenvalue weighted by atomic mass is 10.3. The summed E-state index contributed by atoms with van der Waals surface area (Å²) in [6.07, 6.45) is -4.50. The van der Waals surface area contributed by atoms with E-state index in [1.165, 1.54) is 12.1 Å². The summed E-state index contributed by atoms with van der Waals surface area (Å²) in [5, 5.41) is 11.9. The highest BCUT2D eigenvalue weighted by molar-refractivity contribution is 5.35. The number of halogens is 3. The second-order valence-electron chi connectivity index (χ2n) is 3.35. The van der Waals surface area contributed by atoms with Gasteiger partial charge in [-0.25, -0.2) is 4.98 Å². The lowest BCUT2D eigenvalue weighted by molar-refractivity contribution is -0.141. The molecule has 1 aromatic rings. The fourth-order valence-corrected chi connectivity index (χ4v) is 1.06. The number of pyridine rings is 1.